The van der Waals surface area contributed by atoms with Gasteiger partial charge in [0.05, 0.1) is 19.2 Å². The molecule has 1 aromatic carbocycles. The van der Waals surface area contributed by atoms with Crippen molar-refractivity contribution >= 4 is 30.4 Å². The molecule has 1 atom stereocenters. The smallest absolute Gasteiger partial charge is 0.337 e. The second-order valence-corrected chi connectivity index (χ2v) is 4.31. The number of aliphatic carboxylic acids is 1. The molecule has 0 aromatic heterocycles. The molecule has 108 valence electrons. The lowest BCUT2D eigenvalue weighted by Crippen LogP contribution is -2.41. The van der Waals surface area contributed by atoms with Crippen molar-refractivity contribution in [1.29, 1.82) is 0 Å². The van der Waals surface area contributed by atoms with Gasteiger partial charge < -0.3 is 9.84 Å². The number of thiol groups is 1. The molecule has 0 saturated heterocycles. The third kappa shape index (κ3) is 4.36. The molecule has 6 nitrogen and oxygen atoms in total. The average Bonchev–Trinajstić information content (AvgIpc) is 2.46. The predicted molar refractivity (Wildman–Crippen MR) is 75.4 cm³/mol. The third-order valence-corrected chi connectivity index (χ3v) is 2.98. The number of Topliss-reactive ketones (excluding diaryl/α,β-unsaturated/α-hetero) is 1. The predicted octanol–water partition coefficient (Wildman–Crippen LogP) is 0.628. The Morgan fingerprint density at radius 2 is 1.80 bits per heavy atom. The fraction of sp³-hybridized carbons (Fsp3) is 0.308. The molecular weight excluding hydrogens is 282 g/mol. The number of hydrogen-bond donors (Lipinski definition) is 3. The van der Waals surface area contributed by atoms with E-state index in [4.69, 9.17) is 5.11 Å². The Hall–Kier alpha value is -1.86. The van der Waals surface area contributed by atoms with Crippen LogP contribution in [0.25, 0.3) is 0 Å². The Labute approximate surface area is 121 Å². The van der Waals surface area contributed by atoms with Gasteiger partial charge in [0.25, 0.3) is 0 Å². The fourth-order valence-electron chi connectivity index (χ4n) is 1.46. The summed E-state index contributed by atoms with van der Waals surface area (Å²) in [6.07, 6.45) is 0. The van der Waals surface area contributed by atoms with E-state index in [0.29, 0.717) is 11.1 Å². The van der Waals surface area contributed by atoms with Gasteiger partial charge in [0.15, 0.2) is 5.78 Å². The van der Waals surface area contributed by atoms with E-state index in [-0.39, 0.29) is 18.1 Å². The number of carboxylic acid groups (broad SMARTS) is 1. The molecule has 0 aliphatic rings. The van der Waals surface area contributed by atoms with Crippen molar-refractivity contribution in [2.24, 2.45) is 0 Å². The van der Waals surface area contributed by atoms with Crippen LogP contribution in [-0.2, 0) is 9.53 Å². The summed E-state index contributed by atoms with van der Waals surface area (Å²) in [5.74, 6) is -1.73. The van der Waals surface area contributed by atoms with E-state index >= 15 is 0 Å². The fourth-order valence-corrected chi connectivity index (χ4v) is 1.74. The monoisotopic (exact) mass is 297 g/mol. The van der Waals surface area contributed by atoms with Gasteiger partial charge in [-0.15, -0.1) is 0 Å². The number of rotatable bonds is 7. The lowest BCUT2D eigenvalue weighted by Gasteiger charge is -2.11. The van der Waals surface area contributed by atoms with E-state index < -0.39 is 18.0 Å². The highest BCUT2D eigenvalue weighted by Crippen LogP contribution is 2.06. The highest BCUT2D eigenvalue weighted by molar-refractivity contribution is 7.80. The second kappa shape index (κ2) is 7.66. The molecule has 0 bridgehead atoms. The summed E-state index contributed by atoms with van der Waals surface area (Å²) in [6, 6.07) is 5.06. The van der Waals surface area contributed by atoms with Gasteiger partial charge in [-0.05, 0) is 12.1 Å². The van der Waals surface area contributed by atoms with Crippen LogP contribution in [0.3, 0.4) is 0 Å². The van der Waals surface area contributed by atoms with Gasteiger partial charge in [0.2, 0.25) is 0 Å². The molecule has 20 heavy (non-hydrogen) atoms. The van der Waals surface area contributed by atoms with Crippen LogP contribution in [-0.4, -0.2) is 48.3 Å². The number of nitrogens with one attached hydrogen (secondary N) is 1. The molecule has 0 radical (unpaired) electrons. The first kappa shape index (κ1) is 16.2. The largest absolute Gasteiger partial charge is 0.480 e. The zero-order chi connectivity index (χ0) is 15.1. The van der Waals surface area contributed by atoms with Gasteiger partial charge in [0, 0.05) is 11.3 Å². The maximum atomic E-state index is 11.8. The summed E-state index contributed by atoms with van der Waals surface area (Å²) in [7, 11) is 1.27. The number of hydrogen-bond acceptors (Lipinski definition) is 6. The van der Waals surface area contributed by atoms with E-state index in [2.05, 4.69) is 22.7 Å². The number of esters is 1. The van der Waals surface area contributed by atoms with Gasteiger partial charge in [-0.2, -0.15) is 12.6 Å². The molecule has 7 heteroatoms. The summed E-state index contributed by atoms with van der Waals surface area (Å²) < 4.78 is 4.55. The van der Waals surface area contributed by atoms with Crippen molar-refractivity contribution in [2.75, 3.05) is 19.4 Å². The molecule has 1 rings (SSSR count). The maximum Gasteiger partial charge on any atom is 0.337 e. The minimum absolute atomic E-state index is 0.0872. The number of ketones is 1. The molecule has 2 N–H and O–H groups in total. The van der Waals surface area contributed by atoms with Gasteiger partial charge in [-0.3, -0.25) is 14.9 Å². The molecule has 0 aliphatic carbocycles. The molecular formula is C13H15NO5S. The van der Waals surface area contributed by atoms with E-state index in [1.165, 1.54) is 31.4 Å². The minimum atomic E-state index is -1.06. The van der Waals surface area contributed by atoms with Gasteiger partial charge in [-0.25, -0.2) is 4.79 Å². The highest BCUT2D eigenvalue weighted by atomic mass is 32.1. The molecule has 1 unspecified atom stereocenters. The van der Waals surface area contributed by atoms with Crippen molar-refractivity contribution in [1.82, 2.24) is 5.32 Å². The van der Waals surface area contributed by atoms with Crippen LogP contribution in [0.4, 0.5) is 0 Å². The summed E-state index contributed by atoms with van der Waals surface area (Å²) >= 11 is 3.89. The number of benzene rings is 1. The second-order valence-electron chi connectivity index (χ2n) is 3.95. The normalized spacial score (nSPS) is 11.7. The SMILES string of the molecule is COC(=O)c1ccc(C(=O)CNC(CS)C(=O)O)cc1. The number of carboxylic acids is 1. The number of carbonyl (C=O) groups is 3. The molecule has 0 saturated carbocycles. The van der Waals surface area contributed by atoms with Gasteiger partial charge in [-0.1, -0.05) is 12.1 Å². The Balaban J connectivity index is 2.64. The highest BCUT2D eigenvalue weighted by Gasteiger charge is 2.16. The van der Waals surface area contributed by atoms with Crippen LogP contribution < -0.4 is 5.32 Å². The summed E-state index contributed by atoms with van der Waals surface area (Å²) in [5, 5.41) is 11.4. The first-order valence-electron chi connectivity index (χ1n) is 5.78. The Kier molecular flexibility index (Phi) is 6.20. The Morgan fingerprint density at radius 3 is 2.25 bits per heavy atom. The Bertz CT molecular complexity index is 500. The molecule has 0 aliphatic heterocycles. The van der Waals surface area contributed by atoms with Crippen LogP contribution in [0.5, 0.6) is 0 Å². The van der Waals surface area contributed by atoms with E-state index in [9.17, 15) is 14.4 Å². The maximum absolute atomic E-state index is 11.8. The van der Waals surface area contributed by atoms with Crippen LogP contribution in [0.15, 0.2) is 24.3 Å². The molecule has 0 heterocycles. The molecule has 0 amide bonds. The van der Waals surface area contributed by atoms with Crippen LogP contribution in [0.1, 0.15) is 20.7 Å². The van der Waals surface area contributed by atoms with Crippen molar-refractivity contribution in [3.63, 3.8) is 0 Å². The van der Waals surface area contributed by atoms with Crippen molar-refractivity contribution in [2.45, 2.75) is 6.04 Å². The first-order valence-corrected chi connectivity index (χ1v) is 6.41. The van der Waals surface area contributed by atoms with Crippen LogP contribution >= 0.6 is 12.6 Å². The summed E-state index contributed by atoms with van der Waals surface area (Å²) in [5.41, 5.74) is 0.726. The number of carbonyl (C=O) groups excluding carboxylic acids is 2. The zero-order valence-corrected chi connectivity index (χ0v) is 11.7. The average molecular weight is 297 g/mol. The zero-order valence-electron chi connectivity index (χ0n) is 10.8. The van der Waals surface area contributed by atoms with Gasteiger partial charge in [0.1, 0.15) is 6.04 Å². The minimum Gasteiger partial charge on any atom is -0.480 e. The van der Waals surface area contributed by atoms with Crippen LogP contribution in [0, 0.1) is 0 Å². The lowest BCUT2D eigenvalue weighted by molar-refractivity contribution is -0.138. The number of ether oxygens (including phenoxy) is 1. The van der Waals surface area contributed by atoms with Crippen molar-refractivity contribution < 1.29 is 24.2 Å². The molecule has 1 aromatic rings. The van der Waals surface area contributed by atoms with Crippen LogP contribution in [0.2, 0.25) is 0 Å². The van der Waals surface area contributed by atoms with E-state index in [0.717, 1.165) is 0 Å². The van der Waals surface area contributed by atoms with E-state index in [1.54, 1.807) is 0 Å². The molecule has 0 spiro atoms. The van der Waals surface area contributed by atoms with Crippen molar-refractivity contribution in [3.8, 4) is 0 Å². The summed E-state index contributed by atoms with van der Waals surface area (Å²) in [6.45, 7) is -0.116. The van der Waals surface area contributed by atoms with E-state index in [1.807, 2.05) is 0 Å². The lowest BCUT2D eigenvalue weighted by atomic mass is 10.1. The van der Waals surface area contributed by atoms with Gasteiger partial charge >= 0.3 is 11.9 Å². The quantitative estimate of drug-likeness (QED) is 0.388. The van der Waals surface area contributed by atoms with Crippen molar-refractivity contribution in [3.05, 3.63) is 35.4 Å². The Morgan fingerprint density at radius 1 is 1.25 bits per heavy atom. The first-order chi connectivity index (χ1) is 9.49. The third-order valence-electron chi connectivity index (χ3n) is 2.62. The standard InChI is InChI=1S/C13H15NO5S/c1-19-13(18)9-4-2-8(3-5-9)11(15)6-14-10(7-20)12(16)17/h2-5,10,14,20H,6-7H2,1H3,(H,16,17). The molecule has 0 fully saturated rings. The number of methoxy groups -OCH3 is 1. The topological polar surface area (TPSA) is 92.7 Å². The summed E-state index contributed by atoms with van der Waals surface area (Å²) in [4.78, 5) is 33.8.